The van der Waals surface area contributed by atoms with E-state index in [0.717, 1.165) is 38.0 Å². The summed E-state index contributed by atoms with van der Waals surface area (Å²) in [4.78, 5) is 12.5. The first-order valence-electron chi connectivity index (χ1n) is 8.30. The van der Waals surface area contributed by atoms with Gasteiger partial charge in [-0.1, -0.05) is 27.2 Å². The van der Waals surface area contributed by atoms with Gasteiger partial charge in [-0.15, -0.1) is 0 Å². The van der Waals surface area contributed by atoms with E-state index >= 15 is 0 Å². The van der Waals surface area contributed by atoms with E-state index in [1.807, 2.05) is 0 Å². The molecule has 0 amide bonds. The molecule has 0 aliphatic heterocycles. The summed E-state index contributed by atoms with van der Waals surface area (Å²) in [6, 6.07) is 0.188. The zero-order chi connectivity index (χ0) is 14.5. The van der Waals surface area contributed by atoms with Gasteiger partial charge in [-0.2, -0.15) is 0 Å². The van der Waals surface area contributed by atoms with Crippen molar-refractivity contribution in [2.45, 2.75) is 77.9 Å². The Labute approximate surface area is 122 Å². The molecule has 2 N–H and O–H groups in total. The minimum absolute atomic E-state index is 0.0229. The van der Waals surface area contributed by atoms with Crippen molar-refractivity contribution in [3.8, 4) is 0 Å². The number of carbonyl (C=O) groups is 1. The van der Waals surface area contributed by atoms with E-state index in [4.69, 9.17) is 10.5 Å². The van der Waals surface area contributed by atoms with Crippen LogP contribution in [-0.2, 0) is 9.53 Å². The number of rotatable bonds is 2. The average molecular weight is 279 g/mol. The Bertz CT molecular complexity index is 406. The van der Waals surface area contributed by atoms with Gasteiger partial charge in [-0.25, -0.2) is 0 Å². The Kier molecular flexibility index (Phi) is 3.39. The van der Waals surface area contributed by atoms with Crippen molar-refractivity contribution in [2.75, 3.05) is 0 Å². The van der Waals surface area contributed by atoms with Crippen molar-refractivity contribution < 1.29 is 9.53 Å². The maximum atomic E-state index is 12.5. The minimum atomic E-state index is 0.0229. The van der Waals surface area contributed by atoms with Gasteiger partial charge in [0.1, 0.15) is 6.10 Å². The lowest BCUT2D eigenvalue weighted by Gasteiger charge is -2.39. The average Bonchev–Trinajstić information content (AvgIpc) is 2.72. The van der Waals surface area contributed by atoms with Crippen molar-refractivity contribution in [3.63, 3.8) is 0 Å². The fourth-order valence-corrected chi connectivity index (χ4v) is 4.99. The van der Waals surface area contributed by atoms with Gasteiger partial charge < -0.3 is 10.5 Å². The van der Waals surface area contributed by atoms with E-state index in [2.05, 4.69) is 20.8 Å². The third-order valence-corrected chi connectivity index (χ3v) is 7.02. The zero-order valence-corrected chi connectivity index (χ0v) is 13.2. The fourth-order valence-electron chi connectivity index (χ4n) is 4.99. The molecular formula is C17H29NO2. The molecule has 0 spiro atoms. The summed E-state index contributed by atoms with van der Waals surface area (Å²) in [6.45, 7) is 7.04. The van der Waals surface area contributed by atoms with E-state index in [0.29, 0.717) is 5.41 Å². The number of carbonyl (C=O) groups excluding carboxylic acids is 1. The molecule has 0 aromatic carbocycles. The molecule has 0 heterocycles. The molecule has 3 aliphatic carbocycles. The number of nitrogens with two attached hydrogens (primary N) is 1. The van der Waals surface area contributed by atoms with Gasteiger partial charge in [-0.3, -0.25) is 4.79 Å². The van der Waals surface area contributed by atoms with Crippen molar-refractivity contribution in [3.05, 3.63) is 0 Å². The normalized spacial score (nSPS) is 46.4. The molecule has 20 heavy (non-hydrogen) atoms. The quantitative estimate of drug-likeness (QED) is 0.789. The molecule has 114 valence electrons. The van der Waals surface area contributed by atoms with Crippen LogP contribution in [0, 0.1) is 22.7 Å². The molecule has 3 nitrogen and oxygen atoms in total. The maximum absolute atomic E-state index is 12.5. The van der Waals surface area contributed by atoms with Gasteiger partial charge in [0, 0.05) is 11.5 Å². The standard InChI is InChI=1S/C17H29NO2/c1-16(2)12-7-8-17(16,3)14(10-12)20-15(19)11-5-4-6-13(18)9-11/h11-14H,4-10,18H2,1-3H3. The molecule has 0 saturated heterocycles. The van der Waals surface area contributed by atoms with Crippen LogP contribution in [0.5, 0.6) is 0 Å². The van der Waals surface area contributed by atoms with Gasteiger partial charge in [0.25, 0.3) is 0 Å². The first kappa shape index (κ1) is 14.4. The summed E-state index contributed by atoms with van der Waals surface area (Å²) < 4.78 is 5.98. The topological polar surface area (TPSA) is 52.3 Å². The van der Waals surface area contributed by atoms with Crippen molar-refractivity contribution in [1.82, 2.24) is 0 Å². The third kappa shape index (κ3) is 2.01. The van der Waals surface area contributed by atoms with Crippen molar-refractivity contribution in [2.24, 2.45) is 28.4 Å². The summed E-state index contributed by atoms with van der Waals surface area (Å²) in [7, 11) is 0. The Balaban J connectivity index is 1.66. The van der Waals surface area contributed by atoms with Crippen LogP contribution in [0.3, 0.4) is 0 Å². The molecule has 5 atom stereocenters. The molecule has 3 aliphatic rings. The molecule has 2 bridgehead atoms. The summed E-state index contributed by atoms with van der Waals surface area (Å²) in [5.74, 6) is 0.790. The van der Waals surface area contributed by atoms with Crippen molar-refractivity contribution >= 4 is 5.97 Å². The van der Waals surface area contributed by atoms with Gasteiger partial charge in [0.15, 0.2) is 0 Å². The molecule has 3 heteroatoms. The Morgan fingerprint density at radius 2 is 1.90 bits per heavy atom. The lowest BCUT2D eigenvalue weighted by molar-refractivity contribution is -0.163. The van der Waals surface area contributed by atoms with Crippen LogP contribution >= 0.6 is 0 Å². The van der Waals surface area contributed by atoms with Gasteiger partial charge in [-0.05, 0) is 49.9 Å². The number of ether oxygens (including phenoxy) is 1. The van der Waals surface area contributed by atoms with Crippen LogP contribution in [0.15, 0.2) is 0 Å². The predicted molar refractivity (Wildman–Crippen MR) is 79.0 cm³/mol. The Morgan fingerprint density at radius 1 is 1.15 bits per heavy atom. The second kappa shape index (κ2) is 4.72. The number of hydrogen-bond acceptors (Lipinski definition) is 3. The fraction of sp³-hybridized carbons (Fsp3) is 0.941. The third-order valence-electron chi connectivity index (χ3n) is 7.02. The van der Waals surface area contributed by atoms with Crippen LogP contribution in [0.2, 0.25) is 0 Å². The molecule has 0 aromatic heterocycles. The van der Waals surface area contributed by atoms with E-state index in [1.165, 1.54) is 12.8 Å². The largest absolute Gasteiger partial charge is 0.462 e. The van der Waals surface area contributed by atoms with Crippen LogP contribution in [0.4, 0.5) is 0 Å². The van der Waals surface area contributed by atoms with Crippen LogP contribution in [0.1, 0.15) is 65.7 Å². The van der Waals surface area contributed by atoms with Crippen molar-refractivity contribution in [1.29, 1.82) is 0 Å². The SMILES string of the molecule is CC1(C)C2CCC1(C)C(OC(=O)C1CCCC(N)C1)C2. The maximum Gasteiger partial charge on any atom is 0.309 e. The minimum Gasteiger partial charge on any atom is -0.462 e. The molecule has 0 radical (unpaired) electrons. The monoisotopic (exact) mass is 279 g/mol. The van der Waals surface area contributed by atoms with Crippen LogP contribution in [-0.4, -0.2) is 18.1 Å². The van der Waals surface area contributed by atoms with E-state index in [1.54, 1.807) is 0 Å². The van der Waals surface area contributed by atoms with E-state index < -0.39 is 0 Å². The molecule has 0 aromatic rings. The summed E-state index contributed by atoms with van der Waals surface area (Å²) in [6.07, 6.45) is 7.59. The predicted octanol–water partition coefficient (Wildman–Crippen LogP) is 3.26. The summed E-state index contributed by atoms with van der Waals surface area (Å²) in [5, 5.41) is 0. The molecule has 3 fully saturated rings. The zero-order valence-electron chi connectivity index (χ0n) is 13.2. The van der Waals surface area contributed by atoms with E-state index in [9.17, 15) is 4.79 Å². The summed E-state index contributed by atoms with van der Waals surface area (Å²) in [5.41, 5.74) is 6.47. The molecular weight excluding hydrogens is 250 g/mol. The lowest BCUT2D eigenvalue weighted by Crippen LogP contribution is -2.40. The highest BCUT2D eigenvalue weighted by atomic mass is 16.5. The first-order valence-corrected chi connectivity index (χ1v) is 8.30. The van der Waals surface area contributed by atoms with Gasteiger partial charge in [0.2, 0.25) is 0 Å². The number of hydrogen-bond donors (Lipinski definition) is 1. The second-order valence-corrected chi connectivity index (χ2v) is 8.16. The Hall–Kier alpha value is -0.570. The van der Waals surface area contributed by atoms with E-state index in [-0.39, 0.29) is 29.4 Å². The molecule has 5 unspecified atom stereocenters. The summed E-state index contributed by atoms with van der Waals surface area (Å²) >= 11 is 0. The highest BCUT2D eigenvalue weighted by molar-refractivity contribution is 5.73. The first-order chi connectivity index (χ1) is 9.34. The molecule has 3 rings (SSSR count). The highest BCUT2D eigenvalue weighted by Gasteiger charge is 2.63. The lowest BCUT2D eigenvalue weighted by atomic mass is 9.70. The van der Waals surface area contributed by atoms with Crippen LogP contribution < -0.4 is 5.73 Å². The highest BCUT2D eigenvalue weighted by Crippen LogP contribution is 2.66. The van der Waals surface area contributed by atoms with Gasteiger partial charge in [0.05, 0.1) is 5.92 Å². The smallest absolute Gasteiger partial charge is 0.309 e. The second-order valence-electron chi connectivity index (χ2n) is 8.16. The Morgan fingerprint density at radius 3 is 2.45 bits per heavy atom. The molecule has 3 saturated carbocycles. The van der Waals surface area contributed by atoms with Crippen LogP contribution in [0.25, 0.3) is 0 Å². The van der Waals surface area contributed by atoms with Gasteiger partial charge >= 0.3 is 5.97 Å². The number of esters is 1. The number of fused-ring (bicyclic) bond motifs is 2.